The topological polar surface area (TPSA) is 55.8 Å². The molecule has 1 spiro atoms. The van der Waals surface area contributed by atoms with Crippen molar-refractivity contribution < 1.29 is 19.1 Å². The van der Waals surface area contributed by atoms with Crippen LogP contribution in [0.1, 0.15) is 28.8 Å². The van der Waals surface area contributed by atoms with Crippen LogP contribution in [-0.2, 0) is 9.47 Å². The highest BCUT2D eigenvalue weighted by Crippen LogP contribution is 2.33. The van der Waals surface area contributed by atoms with Crippen molar-refractivity contribution in [2.75, 3.05) is 19.7 Å². The van der Waals surface area contributed by atoms with Crippen molar-refractivity contribution in [1.29, 1.82) is 0 Å². The Morgan fingerprint density at radius 3 is 2.32 bits per heavy atom. The maximum atomic E-state index is 12.6. The second-order valence-corrected chi connectivity index (χ2v) is 6.50. The van der Waals surface area contributed by atoms with Crippen molar-refractivity contribution in [3.63, 3.8) is 0 Å². The molecule has 2 aliphatic rings. The molecule has 118 valence electrons. The van der Waals surface area contributed by atoms with Crippen LogP contribution in [0, 0.1) is 6.92 Å². The maximum absolute atomic E-state index is 12.6. The van der Waals surface area contributed by atoms with E-state index in [0.717, 1.165) is 5.56 Å². The monoisotopic (exact) mass is 343 g/mol. The van der Waals surface area contributed by atoms with Gasteiger partial charge in [0.15, 0.2) is 5.60 Å². The lowest BCUT2D eigenvalue weighted by molar-refractivity contribution is 0.00281. The van der Waals surface area contributed by atoms with Gasteiger partial charge in [-0.05, 0) is 24.6 Å². The van der Waals surface area contributed by atoms with E-state index in [1.54, 1.807) is 24.0 Å². The van der Waals surface area contributed by atoms with Gasteiger partial charge < -0.3 is 14.4 Å². The molecule has 0 saturated carbocycles. The highest BCUT2D eigenvalue weighted by Gasteiger charge is 2.45. The molecule has 0 aromatic heterocycles. The molecule has 0 N–H and O–H groups in total. The Labute approximate surface area is 138 Å². The highest BCUT2D eigenvalue weighted by molar-refractivity contribution is 6.36. The molecule has 7 heteroatoms. The Morgan fingerprint density at radius 2 is 1.82 bits per heavy atom. The van der Waals surface area contributed by atoms with Crippen LogP contribution in [0.15, 0.2) is 12.1 Å². The van der Waals surface area contributed by atoms with Gasteiger partial charge in [-0.25, -0.2) is 4.79 Å². The second-order valence-electron chi connectivity index (χ2n) is 5.68. The summed E-state index contributed by atoms with van der Waals surface area (Å²) < 4.78 is 10.1. The van der Waals surface area contributed by atoms with Crippen LogP contribution in [0.25, 0.3) is 0 Å². The van der Waals surface area contributed by atoms with E-state index in [1.165, 1.54) is 0 Å². The van der Waals surface area contributed by atoms with Gasteiger partial charge in [0.05, 0.1) is 0 Å². The first-order valence-corrected chi connectivity index (χ1v) is 7.76. The lowest BCUT2D eigenvalue weighted by atomic mass is 9.92. The first-order chi connectivity index (χ1) is 10.4. The summed E-state index contributed by atoms with van der Waals surface area (Å²) in [6.45, 7) is 3.06. The standard InChI is InChI=1S/C15H15Cl2NO4/c1-9-11(16)6-10(7-12(9)17)13(19)18-4-2-15(3-5-18)8-21-14(20)22-15/h6-7H,2-5,8H2,1H3. The summed E-state index contributed by atoms with van der Waals surface area (Å²) in [5.41, 5.74) is 0.653. The van der Waals surface area contributed by atoms with E-state index in [4.69, 9.17) is 32.7 Å². The minimum Gasteiger partial charge on any atom is -0.430 e. The van der Waals surface area contributed by atoms with Gasteiger partial charge in [-0.1, -0.05) is 23.2 Å². The van der Waals surface area contributed by atoms with Gasteiger partial charge in [0.1, 0.15) is 6.61 Å². The predicted molar refractivity (Wildman–Crippen MR) is 81.5 cm³/mol. The molecule has 3 rings (SSSR count). The quantitative estimate of drug-likeness (QED) is 0.733. The fraction of sp³-hybridized carbons (Fsp3) is 0.467. The number of benzene rings is 1. The van der Waals surface area contributed by atoms with Gasteiger partial charge >= 0.3 is 6.16 Å². The molecule has 2 aliphatic heterocycles. The highest BCUT2D eigenvalue weighted by atomic mass is 35.5. The van der Waals surface area contributed by atoms with Crippen LogP contribution >= 0.6 is 23.2 Å². The predicted octanol–water partition coefficient (Wildman–Crippen LogP) is 3.44. The van der Waals surface area contributed by atoms with Gasteiger partial charge in [0.2, 0.25) is 0 Å². The van der Waals surface area contributed by atoms with E-state index >= 15 is 0 Å². The van der Waals surface area contributed by atoms with E-state index in [0.29, 0.717) is 41.5 Å². The zero-order chi connectivity index (χ0) is 15.9. The summed E-state index contributed by atoms with van der Waals surface area (Å²) in [5.74, 6) is -0.121. The van der Waals surface area contributed by atoms with Crippen LogP contribution < -0.4 is 0 Å². The average molecular weight is 344 g/mol. The van der Waals surface area contributed by atoms with Crippen molar-refractivity contribution in [1.82, 2.24) is 4.90 Å². The number of piperidine rings is 1. The van der Waals surface area contributed by atoms with Crippen molar-refractivity contribution in [3.8, 4) is 0 Å². The number of hydrogen-bond donors (Lipinski definition) is 0. The van der Waals surface area contributed by atoms with E-state index in [2.05, 4.69) is 0 Å². The summed E-state index contributed by atoms with van der Waals surface area (Å²) >= 11 is 12.2. The zero-order valence-corrected chi connectivity index (χ0v) is 13.5. The largest absolute Gasteiger partial charge is 0.509 e. The Hall–Kier alpha value is -1.46. The number of cyclic esters (lactones) is 1. The molecule has 1 aromatic carbocycles. The smallest absolute Gasteiger partial charge is 0.430 e. The number of rotatable bonds is 1. The lowest BCUT2D eigenvalue weighted by Crippen LogP contribution is -2.48. The first kappa shape index (κ1) is 15.4. The number of nitrogens with zero attached hydrogens (tertiary/aromatic N) is 1. The number of carbonyl (C=O) groups is 2. The summed E-state index contributed by atoms with van der Waals surface area (Å²) in [6, 6.07) is 3.27. The van der Waals surface area contributed by atoms with Crippen LogP contribution in [-0.4, -0.2) is 42.3 Å². The number of hydrogen-bond acceptors (Lipinski definition) is 4. The number of amides is 1. The van der Waals surface area contributed by atoms with Gasteiger partial charge in [-0.2, -0.15) is 0 Å². The normalized spacial score (nSPS) is 20.0. The minimum atomic E-state index is -0.628. The molecule has 5 nitrogen and oxygen atoms in total. The molecule has 0 unspecified atom stereocenters. The van der Waals surface area contributed by atoms with Crippen LogP contribution in [0.3, 0.4) is 0 Å². The molecule has 0 aliphatic carbocycles. The molecule has 2 heterocycles. The SMILES string of the molecule is Cc1c(Cl)cc(C(=O)N2CCC3(CC2)COC(=O)O3)cc1Cl. The van der Waals surface area contributed by atoms with Crippen LogP contribution in [0.2, 0.25) is 10.0 Å². The summed E-state index contributed by atoms with van der Waals surface area (Å²) in [6.07, 6.45) is 0.507. The third-order valence-corrected chi connectivity index (χ3v) is 5.03. The van der Waals surface area contributed by atoms with Crippen LogP contribution in [0.4, 0.5) is 4.79 Å². The minimum absolute atomic E-state index is 0.121. The number of halogens is 2. The van der Waals surface area contributed by atoms with E-state index < -0.39 is 11.8 Å². The number of carbonyl (C=O) groups excluding carboxylic acids is 2. The zero-order valence-electron chi connectivity index (χ0n) is 12.0. The molecule has 0 atom stereocenters. The molecular weight excluding hydrogens is 329 g/mol. The lowest BCUT2D eigenvalue weighted by Gasteiger charge is -2.36. The molecule has 2 saturated heterocycles. The number of likely N-dealkylation sites (tertiary alicyclic amines) is 1. The fourth-order valence-corrected chi connectivity index (χ4v) is 3.23. The summed E-state index contributed by atoms with van der Waals surface area (Å²) in [7, 11) is 0. The third-order valence-electron chi connectivity index (χ3n) is 4.24. The molecule has 1 aromatic rings. The van der Waals surface area contributed by atoms with Gasteiger partial charge in [0.25, 0.3) is 5.91 Å². The van der Waals surface area contributed by atoms with Crippen molar-refractivity contribution in [2.24, 2.45) is 0 Å². The van der Waals surface area contributed by atoms with Gasteiger partial charge in [0, 0.05) is 41.5 Å². The van der Waals surface area contributed by atoms with E-state index in [9.17, 15) is 9.59 Å². The molecule has 0 bridgehead atoms. The number of ether oxygens (including phenoxy) is 2. The van der Waals surface area contributed by atoms with E-state index in [-0.39, 0.29) is 12.5 Å². The fourth-order valence-electron chi connectivity index (χ4n) is 2.74. The first-order valence-electron chi connectivity index (χ1n) is 7.01. The van der Waals surface area contributed by atoms with Crippen molar-refractivity contribution >= 4 is 35.3 Å². The Balaban J connectivity index is 1.71. The molecule has 0 radical (unpaired) electrons. The average Bonchev–Trinajstić information content (AvgIpc) is 2.85. The molecule has 22 heavy (non-hydrogen) atoms. The Kier molecular flexibility index (Phi) is 3.95. The van der Waals surface area contributed by atoms with Crippen molar-refractivity contribution in [3.05, 3.63) is 33.3 Å². The second kappa shape index (κ2) is 5.63. The van der Waals surface area contributed by atoms with Gasteiger partial charge in [-0.15, -0.1) is 0 Å². The van der Waals surface area contributed by atoms with Crippen LogP contribution in [0.5, 0.6) is 0 Å². The van der Waals surface area contributed by atoms with Crippen molar-refractivity contribution in [2.45, 2.75) is 25.4 Å². The van der Waals surface area contributed by atoms with Gasteiger partial charge in [-0.3, -0.25) is 4.79 Å². The Bertz CT molecular complexity index is 615. The summed E-state index contributed by atoms with van der Waals surface area (Å²) in [4.78, 5) is 25.4. The maximum Gasteiger partial charge on any atom is 0.509 e. The van der Waals surface area contributed by atoms with E-state index in [1.807, 2.05) is 0 Å². The third kappa shape index (κ3) is 2.75. The summed E-state index contributed by atoms with van der Waals surface area (Å²) in [5, 5.41) is 0.949. The molecular formula is C15H15Cl2NO4. The molecule has 2 fully saturated rings. The molecule has 1 amide bonds. The Morgan fingerprint density at radius 1 is 1.23 bits per heavy atom.